The molecule has 6 nitrogen and oxygen atoms in total. The summed E-state index contributed by atoms with van der Waals surface area (Å²) in [5.41, 5.74) is 0.757. The van der Waals surface area contributed by atoms with Crippen LogP contribution in [0.5, 0.6) is 0 Å². The van der Waals surface area contributed by atoms with Gasteiger partial charge in [-0.25, -0.2) is 13.2 Å². The SMILES string of the molecule is CCCN(CCc1ccccn1)S(=O)(=O)c1ccc2oc(=O)ccc2c1. The van der Waals surface area contributed by atoms with Crippen LogP contribution >= 0.6 is 0 Å². The van der Waals surface area contributed by atoms with Gasteiger partial charge in [0.05, 0.1) is 4.90 Å². The largest absolute Gasteiger partial charge is 0.423 e. The van der Waals surface area contributed by atoms with Gasteiger partial charge in [0.25, 0.3) is 0 Å². The fourth-order valence-corrected chi connectivity index (χ4v) is 4.31. The number of fused-ring (bicyclic) bond motifs is 1. The molecule has 0 saturated carbocycles. The molecular formula is C19H20N2O4S. The molecule has 0 amide bonds. The number of benzene rings is 1. The van der Waals surface area contributed by atoms with E-state index in [-0.39, 0.29) is 4.90 Å². The highest BCUT2D eigenvalue weighted by Crippen LogP contribution is 2.21. The Morgan fingerprint density at radius 3 is 2.65 bits per heavy atom. The number of pyridine rings is 1. The van der Waals surface area contributed by atoms with Crippen molar-refractivity contribution in [3.63, 3.8) is 0 Å². The van der Waals surface area contributed by atoms with E-state index >= 15 is 0 Å². The van der Waals surface area contributed by atoms with Crippen LogP contribution in [0.4, 0.5) is 0 Å². The number of hydrogen-bond acceptors (Lipinski definition) is 5. The summed E-state index contributed by atoms with van der Waals surface area (Å²) in [6.07, 6.45) is 2.96. The van der Waals surface area contributed by atoms with Gasteiger partial charge in [0, 0.05) is 42.9 Å². The molecule has 0 unspecified atom stereocenters. The molecule has 26 heavy (non-hydrogen) atoms. The summed E-state index contributed by atoms with van der Waals surface area (Å²) in [5.74, 6) is 0. The first-order valence-corrected chi connectivity index (χ1v) is 9.88. The van der Waals surface area contributed by atoms with Crippen LogP contribution in [-0.2, 0) is 16.4 Å². The second-order valence-electron chi connectivity index (χ2n) is 5.93. The molecule has 2 aromatic heterocycles. The zero-order chi connectivity index (χ0) is 18.6. The van der Waals surface area contributed by atoms with Gasteiger partial charge in [-0.05, 0) is 42.8 Å². The zero-order valence-corrected chi connectivity index (χ0v) is 15.3. The number of sulfonamides is 1. The Bertz CT molecular complexity index is 1050. The summed E-state index contributed by atoms with van der Waals surface area (Å²) >= 11 is 0. The Labute approximate surface area is 152 Å². The summed E-state index contributed by atoms with van der Waals surface area (Å²) < 4.78 is 32.7. The smallest absolute Gasteiger partial charge is 0.336 e. The summed E-state index contributed by atoms with van der Waals surface area (Å²) in [6.45, 7) is 2.73. The van der Waals surface area contributed by atoms with Gasteiger partial charge in [-0.2, -0.15) is 4.31 Å². The third kappa shape index (κ3) is 4.00. The summed E-state index contributed by atoms with van der Waals surface area (Å²) in [6, 6.07) is 13.0. The van der Waals surface area contributed by atoms with E-state index in [1.165, 1.54) is 28.6 Å². The highest BCUT2D eigenvalue weighted by molar-refractivity contribution is 7.89. The topological polar surface area (TPSA) is 80.5 Å². The lowest BCUT2D eigenvalue weighted by Crippen LogP contribution is -2.33. The van der Waals surface area contributed by atoms with E-state index in [9.17, 15) is 13.2 Å². The Kier molecular flexibility index (Phi) is 5.49. The zero-order valence-electron chi connectivity index (χ0n) is 14.5. The fourth-order valence-electron chi connectivity index (χ4n) is 2.75. The predicted octanol–water partition coefficient (Wildman–Crippen LogP) is 2.83. The average Bonchev–Trinajstić information content (AvgIpc) is 2.65. The molecule has 0 bridgehead atoms. The van der Waals surface area contributed by atoms with Crippen molar-refractivity contribution in [2.75, 3.05) is 13.1 Å². The third-order valence-corrected chi connectivity index (χ3v) is 5.94. The lowest BCUT2D eigenvalue weighted by molar-refractivity contribution is 0.412. The first-order valence-electron chi connectivity index (χ1n) is 8.44. The van der Waals surface area contributed by atoms with Gasteiger partial charge in [0.1, 0.15) is 5.58 Å². The van der Waals surface area contributed by atoms with Crippen LogP contribution < -0.4 is 5.63 Å². The summed E-state index contributed by atoms with van der Waals surface area (Å²) in [5, 5.41) is 0.576. The number of nitrogens with zero attached hydrogens (tertiary/aromatic N) is 2. The highest BCUT2D eigenvalue weighted by Gasteiger charge is 2.24. The lowest BCUT2D eigenvalue weighted by Gasteiger charge is -2.21. The standard InChI is InChI=1S/C19H20N2O4S/c1-2-12-21(13-10-16-5-3-4-11-20-16)26(23,24)17-7-8-18-15(14-17)6-9-19(22)25-18/h3-9,11,14H,2,10,12-13H2,1H3. The highest BCUT2D eigenvalue weighted by atomic mass is 32.2. The quantitative estimate of drug-likeness (QED) is 0.596. The van der Waals surface area contributed by atoms with E-state index < -0.39 is 15.6 Å². The van der Waals surface area contributed by atoms with Gasteiger partial charge < -0.3 is 4.42 Å². The number of hydrogen-bond donors (Lipinski definition) is 0. The molecule has 0 fully saturated rings. The van der Waals surface area contributed by atoms with E-state index in [4.69, 9.17) is 4.42 Å². The van der Waals surface area contributed by atoms with Gasteiger partial charge in [-0.1, -0.05) is 13.0 Å². The van der Waals surface area contributed by atoms with Gasteiger partial charge in [0.2, 0.25) is 10.0 Å². The van der Waals surface area contributed by atoms with Crippen molar-refractivity contribution < 1.29 is 12.8 Å². The number of rotatable bonds is 7. The van der Waals surface area contributed by atoms with Gasteiger partial charge in [-0.15, -0.1) is 0 Å². The van der Waals surface area contributed by atoms with Crippen LogP contribution in [0.25, 0.3) is 11.0 Å². The van der Waals surface area contributed by atoms with Crippen molar-refractivity contribution in [3.8, 4) is 0 Å². The molecule has 0 spiro atoms. The maximum absolute atomic E-state index is 13.1. The van der Waals surface area contributed by atoms with E-state index in [0.29, 0.717) is 36.9 Å². The van der Waals surface area contributed by atoms with Crippen LogP contribution in [0.3, 0.4) is 0 Å². The molecule has 136 valence electrons. The molecule has 0 aliphatic heterocycles. The minimum Gasteiger partial charge on any atom is -0.423 e. The molecule has 3 rings (SSSR count). The normalized spacial score (nSPS) is 11.9. The molecule has 0 atom stereocenters. The van der Waals surface area contributed by atoms with Crippen LogP contribution in [0.1, 0.15) is 19.0 Å². The molecule has 0 radical (unpaired) electrons. The molecule has 0 aliphatic rings. The van der Waals surface area contributed by atoms with E-state index in [1.54, 1.807) is 12.3 Å². The Morgan fingerprint density at radius 2 is 1.92 bits per heavy atom. The van der Waals surface area contributed by atoms with Crippen molar-refractivity contribution in [1.82, 2.24) is 9.29 Å². The van der Waals surface area contributed by atoms with Crippen molar-refractivity contribution in [1.29, 1.82) is 0 Å². The van der Waals surface area contributed by atoms with Crippen molar-refractivity contribution in [2.45, 2.75) is 24.7 Å². The van der Waals surface area contributed by atoms with E-state index in [1.807, 2.05) is 25.1 Å². The Morgan fingerprint density at radius 1 is 1.08 bits per heavy atom. The van der Waals surface area contributed by atoms with Crippen LogP contribution in [0.2, 0.25) is 0 Å². The minimum atomic E-state index is -3.65. The van der Waals surface area contributed by atoms with Gasteiger partial charge in [-0.3, -0.25) is 4.98 Å². The first-order chi connectivity index (χ1) is 12.5. The lowest BCUT2D eigenvalue weighted by atomic mass is 10.2. The molecule has 1 aromatic carbocycles. The molecule has 0 N–H and O–H groups in total. The predicted molar refractivity (Wildman–Crippen MR) is 99.5 cm³/mol. The second kappa shape index (κ2) is 7.80. The molecule has 0 saturated heterocycles. The molecule has 0 aliphatic carbocycles. The molecule has 7 heteroatoms. The van der Waals surface area contributed by atoms with Crippen LogP contribution in [0, 0.1) is 0 Å². The first kappa shape index (κ1) is 18.3. The molecule has 2 heterocycles. The minimum absolute atomic E-state index is 0.188. The Hall–Kier alpha value is -2.51. The summed E-state index contributed by atoms with van der Waals surface area (Å²) in [4.78, 5) is 15.7. The maximum atomic E-state index is 13.1. The average molecular weight is 372 g/mol. The van der Waals surface area contributed by atoms with Crippen LogP contribution in [-0.4, -0.2) is 30.8 Å². The van der Waals surface area contributed by atoms with Gasteiger partial charge in [0.15, 0.2) is 0 Å². The van der Waals surface area contributed by atoms with Gasteiger partial charge >= 0.3 is 5.63 Å². The van der Waals surface area contributed by atoms with E-state index in [0.717, 1.165) is 5.69 Å². The molecule has 3 aromatic rings. The maximum Gasteiger partial charge on any atom is 0.336 e. The Balaban J connectivity index is 1.89. The third-order valence-electron chi connectivity index (χ3n) is 4.05. The monoisotopic (exact) mass is 372 g/mol. The van der Waals surface area contributed by atoms with Crippen LogP contribution in [0.15, 0.2) is 68.8 Å². The second-order valence-corrected chi connectivity index (χ2v) is 7.87. The summed E-state index contributed by atoms with van der Waals surface area (Å²) in [7, 11) is -3.65. The number of aromatic nitrogens is 1. The fraction of sp³-hybridized carbons (Fsp3) is 0.263. The van der Waals surface area contributed by atoms with Crippen molar-refractivity contribution >= 4 is 21.0 Å². The van der Waals surface area contributed by atoms with Crippen molar-refractivity contribution in [2.24, 2.45) is 0 Å². The molecular weight excluding hydrogens is 352 g/mol. The van der Waals surface area contributed by atoms with Crippen molar-refractivity contribution in [3.05, 3.63) is 70.8 Å². The van der Waals surface area contributed by atoms with E-state index in [2.05, 4.69) is 4.98 Å².